The molecule has 1 N–H and O–H groups in total. The minimum absolute atomic E-state index is 0.0677. The van der Waals surface area contributed by atoms with E-state index in [-0.39, 0.29) is 34.9 Å². The van der Waals surface area contributed by atoms with Gasteiger partial charge in [-0.3, -0.25) is 19.2 Å². The Balaban J connectivity index is 0.000000175. The van der Waals surface area contributed by atoms with Gasteiger partial charge in [0, 0.05) is 42.5 Å². The summed E-state index contributed by atoms with van der Waals surface area (Å²) in [5, 5.41) is 9.20. The summed E-state index contributed by atoms with van der Waals surface area (Å²) >= 11 is 0. The van der Waals surface area contributed by atoms with E-state index in [2.05, 4.69) is 0 Å². The van der Waals surface area contributed by atoms with Crippen LogP contribution in [0.5, 0.6) is 0 Å². The molecule has 11 heteroatoms. The van der Waals surface area contributed by atoms with E-state index in [4.69, 9.17) is 0 Å². The van der Waals surface area contributed by atoms with Crippen molar-refractivity contribution in [2.45, 2.75) is 71.1 Å². The molecule has 4 fully saturated rings. The van der Waals surface area contributed by atoms with Crippen LogP contribution in [0.1, 0.15) is 71.1 Å². The van der Waals surface area contributed by atoms with Gasteiger partial charge < -0.3 is 14.9 Å². The highest BCUT2D eigenvalue weighted by Crippen LogP contribution is 2.49. The summed E-state index contributed by atoms with van der Waals surface area (Å²) in [4.78, 5) is 51.3. The first-order valence-electron chi connectivity index (χ1n) is 15.1. The SMILES string of the molecule is CC(=O)[C@H]1CCC[C@]2(CCN(c3cc(F)cc(F)c3)C2=O)C1.O=C(O)[C@H]1CCC[C@]2(CCN(c3cc(F)cc(F)c3)C2=O)C1. The lowest BCUT2D eigenvalue weighted by atomic mass is 9.68. The maximum absolute atomic E-state index is 13.4. The fraction of sp³-hybridized carbons (Fsp3) is 0.515. The minimum Gasteiger partial charge on any atom is -0.481 e. The van der Waals surface area contributed by atoms with Gasteiger partial charge in [0.15, 0.2) is 0 Å². The van der Waals surface area contributed by atoms with Gasteiger partial charge in [-0.2, -0.15) is 0 Å². The predicted molar refractivity (Wildman–Crippen MR) is 154 cm³/mol. The second-order valence-corrected chi connectivity index (χ2v) is 12.8. The molecule has 2 heterocycles. The number of aliphatic carboxylic acids is 1. The van der Waals surface area contributed by atoms with Crippen molar-refractivity contribution in [2.24, 2.45) is 22.7 Å². The fourth-order valence-electron chi connectivity index (χ4n) is 7.65. The van der Waals surface area contributed by atoms with Crippen molar-refractivity contribution in [3.05, 3.63) is 59.7 Å². The van der Waals surface area contributed by atoms with Crippen molar-refractivity contribution in [1.82, 2.24) is 0 Å². The lowest BCUT2D eigenvalue weighted by Gasteiger charge is -2.35. The van der Waals surface area contributed by atoms with Crippen LogP contribution in [0, 0.1) is 45.9 Å². The number of carbonyl (C=O) groups excluding carboxylic acids is 3. The van der Waals surface area contributed by atoms with Crippen LogP contribution in [0.3, 0.4) is 0 Å². The summed E-state index contributed by atoms with van der Waals surface area (Å²) in [7, 11) is 0. The molecule has 2 aromatic rings. The van der Waals surface area contributed by atoms with Crippen LogP contribution in [0.25, 0.3) is 0 Å². The molecule has 0 radical (unpaired) electrons. The molecular weight excluding hydrogens is 580 g/mol. The van der Waals surface area contributed by atoms with Crippen molar-refractivity contribution < 1.29 is 41.8 Å². The van der Waals surface area contributed by atoms with E-state index in [9.17, 15) is 41.8 Å². The fourth-order valence-corrected chi connectivity index (χ4v) is 7.65. The van der Waals surface area contributed by atoms with Crippen molar-refractivity contribution >= 4 is 34.9 Å². The molecule has 44 heavy (non-hydrogen) atoms. The van der Waals surface area contributed by atoms with E-state index < -0.39 is 46.0 Å². The summed E-state index contributed by atoms with van der Waals surface area (Å²) in [5.74, 6) is -4.45. The third-order valence-corrected chi connectivity index (χ3v) is 9.96. The van der Waals surface area contributed by atoms with Gasteiger partial charge in [0.1, 0.15) is 29.1 Å². The van der Waals surface area contributed by atoms with Gasteiger partial charge in [0.05, 0.1) is 16.7 Å². The highest BCUT2D eigenvalue weighted by atomic mass is 19.1. The number of nitrogens with zero attached hydrogens (tertiary/aromatic N) is 2. The summed E-state index contributed by atoms with van der Waals surface area (Å²) in [6.45, 7) is 2.39. The van der Waals surface area contributed by atoms with Crippen molar-refractivity contribution in [3.63, 3.8) is 0 Å². The third-order valence-electron chi connectivity index (χ3n) is 9.96. The van der Waals surface area contributed by atoms with Crippen LogP contribution in [-0.2, 0) is 19.2 Å². The number of Topliss-reactive ketones (excluding diaryl/α,β-unsaturated/α-hetero) is 1. The molecule has 2 spiro atoms. The second kappa shape index (κ2) is 12.3. The zero-order valence-corrected chi connectivity index (χ0v) is 24.6. The molecule has 4 atom stereocenters. The molecule has 2 saturated heterocycles. The Morgan fingerprint density at radius 1 is 0.682 bits per heavy atom. The van der Waals surface area contributed by atoms with E-state index >= 15 is 0 Å². The highest BCUT2D eigenvalue weighted by molar-refractivity contribution is 6.01. The molecule has 2 aliphatic carbocycles. The second-order valence-electron chi connectivity index (χ2n) is 12.8. The van der Waals surface area contributed by atoms with Crippen LogP contribution in [0.2, 0.25) is 0 Å². The van der Waals surface area contributed by atoms with Gasteiger partial charge in [0.2, 0.25) is 11.8 Å². The Bertz CT molecular complexity index is 1330. The Morgan fingerprint density at radius 2 is 1.07 bits per heavy atom. The Kier molecular flexibility index (Phi) is 8.87. The van der Waals surface area contributed by atoms with Crippen LogP contribution in [0.4, 0.5) is 28.9 Å². The number of carbonyl (C=O) groups is 4. The molecular formula is C33H36F4N2O5. The Labute approximate surface area is 253 Å². The lowest BCUT2D eigenvalue weighted by molar-refractivity contribution is -0.145. The van der Waals surface area contributed by atoms with Crippen LogP contribution >= 0.6 is 0 Å². The summed E-state index contributed by atoms with van der Waals surface area (Å²) < 4.78 is 53.5. The number of hydrogen-bond acceptors (Lipinski definition) is 4. The zero-order valence-electron chi connectivity index (χ0n) is 24.6. The molecule has 2 aromatic carbocycles. The summed E-state index contributed by atoms with van der Waals surface area (Å²) in [5.41, 5.74) is -0.747. The predicted octanol–water partition coefficient (Wildman–Crippen LogP) is 6.43. The number of anilines is 2. The lowest BCUT2D eigenvalue weighted by Crippen LogP contribution is -2.39. The van der Waals surface area contributed by atoms with Gasteiger partial charge >= 0.3 is 5.97 Å². The molecule has 0 bridgehead atoms. The van der Waals surface area contributed by atoms with Crippen LogP contribution < -0.4 is 9.80 Å². The van der Waals surface area contributed by atoms with E-state index in [1.54, 1.807) is 6.92 Å². The molecule has 0 aromatic heterocycles. The van der Waals surface area contributed by atoms with Crippen molar-refractivity contribution in [1.29, 1.82) is 0 Å². The Morgan fingerprint density at radius 3 is 1.45 bits per heavy atom. The van der Waals surface area contributed by atoms with E-state index in [0.29, 0.717) is 58.0 Å². The highest BCUT2D eigenvalue weighted by Gasteiger charge is 2.51. The normalized spacial score (nSPS) is 28.4. The first-order valence-corrected chi connectivity index (χ1v) is 15.1. The van der Waals surface area contributed by atoms with Gasteiger partial charge in [-0.1, -0.05) is 12.8 Å². The van der Waals surface area contributed by atoms with E-state index in [0.717, 1.165) is 43.5 Å². The Hall–Kier alpha value is -3.76. The van der Waals surface area contributed by atoms with Gasteiger partial charge in [-0.05, 0) is 82.6 Å². The molecule has 0 unspecified atom stereocenters. The van der Waals surface area contributed by atoms with E-state index in [1.165, 1.54) is 21.9 Å². The van der Waals surface area contributed by atoms with Crippen LogP contribution in [0.15, 0.2) is 36.4 Å². The minimum atomic E-state index is -0.873. The van der Waals surface area contributed by atoms with Gasteiger partial charge in [-0.25, -0.2) is 17.6 Å². The number of benzene rings is 2. The molecule has 7 nitrogen and oxygen atoms in total. The van der Waals surface area contributed by atoms with Crippen molar-refractivity contribution in [3.8, 4) is 0 Å². The number of halogens is 4. The van der Waals surface area contributed by atoms with Gasteiger partial charge in [0.25, 0.3) is 0 Å². The molecule has 2 aliphatic heterocycles. The topological polar surface area (TPSA) is 95.0 Å². The number of ketones is 1. The molecule has 236 valence electrons. The number of rotatable bonds is 4. The zero-order chi connectivity index (χ0) is 31.8. The largest absolute Gasteiger partial charge is 0.481 e. The smallest absolute Gasteiger partial charge is 0.306 e. The summed E-state index contributed by atoms with van der Waals surface area (Å²) in [6.07, 6.45) is 6.41. The maximum Gasteiger partial charge on any atom is 0.306 e. The standard InChI is InChI=1S/C17H19F2NO2.C16H17F2NO3/c1-11(21)12-3-2-4-17(10-12)5-6-20(16(17)22)15-8-13(18)7-14(19)9-15;17-11-6-12(18)8-13(7-11)19-5-4-16(15(19)22)3-1-2-10(9-16)14(20)21/h7-9,12H,2-6,10H2,1H3;6-8,10H,1-5,9H2,(H,20,21)/t12-,17-;10-,16-/m00/s1. The quantitative estimate of drug-likeness (QED) is 0.400. The maximum atomic E-state index is 13.4. The molecule has 2 amide bonds. The average molecular weight is 617 g/mol. The number of carboxylic acid groups (broad SMARTS) is 1. The third kappa shape index (κ3) is 6.23. The number of hydrogen-bond donors (Lipinski definition) is 1. The average Bonchev–Trinajstić information content (AvgIpc) is 3.43. The molecule has 4 aliphatic rings. The monoisotopic (exact) mass is 616 g/mol. The molecule has 6 rings (SSSR count). The first kappa shape index (κ1) is 31.7. The van der Waals surface area contributed by atoms with Gasteiger partial charge in [-0.15, -0.1) is 0 Å². The first-order chi connectivity index (χ1) is 20.8. The van der Waals surface area contributed by atoms with Crippen LogP contribution in [-0.4, -0.2) is 41.8 Å². The molecule has 2 saturated carbocycles. The number of amides is 2. The van der Waals surface area contributed by atoms with E-state index in [1.807, 2.05) is 0 Å². The summed E-state index contributed by atoms with van der Waals surface area (Å²) in [6, 6.07) is 6.21. The number of carboxylic acids is 1. The van der Waals surface area contributed by atoms with Crippen molar-refractivity contribution in [2.75, 3.05) is 22.9 Å².